The van der Waals surface area contributed by atoms with Gasteiger partial charge in [-0.2, -0.15) is 0 Å². The molecule has 6 nitrogen and oxygen atoms in total. The molecule has 2 N–H and O–H groups in total. The van der Waals surface area contributed by atoms with E-state index in [1.165, 1.54) is 11.9 Å². The quantitative estimate of drug-likeness (QED) is 0.768. The Kier molecular flexibility index (Phi) is 4.24. The number of aromatic nitrogens is 2. The lowest BCUT2D eigenvalue weighted by molar-refractivity contribution is 0.582. The first kappa shape index (κ1) is 14.4. The SMILES string of the molecule is CNS(=O)(=O)CCNCc1c(C)nc2sc(C)cn12. The van der Waals surface area contributed by atoms with Crippen molar-refractivity contribution in [2.45, 2.75) is 20.4 Å². The van der Waals surface area contributed by atoms with E-state index in [2.05, 4.69) is 25.6 Å². The van der Waals surface area contributed by atoms with Crippen LogP contribution in [0.3, 0.4) is 0 Å². The van der Waals surface area contributed by atoms with Crippen LogP contribution in [-0.2, 0) is 16.6 Å². The molecular formula is C11H18N4O2S2. The number of aryl methyl sites for hydroxylation is 2. The average Bonchev–Trinajstić information content (AvgIpc) is 2.81. The number of imidazole rings is 1. The van der Waals surface area contributed by atoms with Crippen molar-refractivity contribution in [2.24, 2.45) is 0 Å². The Morgan fingerprint density at radius 3 is 2.84 bits per heavy atom. The van der Waals surface area contributed by atoms with Gasteiger partial charge in [-0.05, 0) is 20.9 Å². The van der Waals surface area contributed by atoms with Gasteiger partial charge < -0.3 is 5.32 Å². The standard InChI is InChI=1S/C11H18N4O2S2/c1-8-7-15-10(9(2)14-11(15)18-8)6-13-4-5-19(16,17)12-3/h7,12-13H,4-6H2,1-3H3. The number of thiazole rings is 1. The highest BCUT2D eigenvalue weighted by atomic mass is 32.2. The van der Waals surface area contributed by atoms with Gasteiger partial charge >= 0.3 is 0 Å². The van der Waals surface area contributed by atoms with Gasteiger partial charge in [-0.1, -0.05) is 0 Å². The van der Waals surface area contributed by atoms with Gasteiger partial charge in [0.25, 0.3) is 0 Å². The second-order valence-electron chi connectivity index (χ2n) is 4.34. The van der Waals surface area contributed by atoms with Gasteiger partial charge in [0.2, 0.25) is 10.0 Å². The van der Waals surface area contributed by atoms with Crippen molar-refractivity contribution in [3.63, 3.8) is 0 Å². The van der Waals surface area contributed by atoms with Crippen LogP contribution in [0.2, 0.25) is 0 Å². The molecule has 19 heavy (non-hydrogen) atoms. The highest BCUT2D eigenvalue weighted by molar-refractivity contribution is 7.89. The molecule has 2 aromatic heterocycles. The summed E-state index contributed by atoms with van der Waals surface area (Å²) in [5.74, 6) is 0.0765. The smallest absolute Gasteiger partial charge is 0.212 e. The average molecular weight is 302 g/mol. The minimum absolute atomic E-state index is 0.0765. The molecular weight excluding hydrogens is 284 g/mol. The van der Waals surface area contributed by atoms with E-state index in [0.29, 0.717) is 13.1 Å². The molecule has 0 aliphatic rings. The summed E-state index contributed by atoms with van der Waals surface area (Å²) in [7, 11) is -1.72. The molecule has 0 atom stereocenters. The third-order valence-corrected chi connectivity index (χ3v) is 5.15. The lowest BCUT2D eigenvalue weighted by Gasteiger charge is -2.05. The number of fused-ring (bicyclic) bond motifs is 1. The molecule has 0 aliphatic carbocycles. The van der Waals surface area contributed by atoms with Crippen LogP contribution in [0.5, 0.6) is 0 Å². The topological polar surface area (TPSA) is 75.5 Å². The van der Waals surface area contributed by atoms with Crippen molar-refractivity contribution in [1.29, 1.82) is 0 Å². The Morgan fingerprint density at radius 2 is 2.16 bits per heavy atom. The Hall–Kier alpha value is -0.960. The van der Waals surface area contributed by atoms with E-state index >= 15 is 0 Å². The first-order valence-electron chi connectivity index (χ1n) is 5.99. The fraction of sp³-hybridized carbons (Fsp3) is 0.545. The predicted molar refractivity (Wildman–Crippen MR) is 77.1 cm³/mol. The zero-order valence-corrected chi connectivity index (χ0v) is 12.9. The van der Waals surface area contributed by atoms with Crippen molar-refractivity contribution in [3.8, 4) is 0 Å². The van der Waals surface area contributed by atoms with Gasteiger partial charge in [0, 0.05) is 24.2 Å². The van der Waals surface area contributed by atoms with Gasteiger partial charge in [-0.15, -0.1) is 11.3 Å². The first-order chi connectivity index (χ1) is 8.93. The van der Waals surface area contributed by atoms with Crippen molar-refractivity contribution < 1.29 is 8.42 Å². The number of nitrogens with zero attached hydrogens (tertiary/aromatic N) is 2. The van der Waals surface area contributed by atoms with Crippen LogP contribution >= 0.6 is 11.3 Å². The summed E-state index contributed by atoms with van der Waals surface area (Å²) in [6, 6.07) is 0. The molecule has 2 aromatic rings. The van der Waals surface area contributed by atoms with E-state index in [9.17, 15) is 8.42 Å². The van der Waals surface area contributed by atoms with Crippen molar-refractivity contribution in [3.05, 3.63) is 22.5 Å². The second-order valence-corrected chi connectivity index (χ2v) is 7.60. The molecule has 0 aliphatic heterocycles. The molecule has 106 valence electrons. The summed E-state index contributed by atoms with van der Waals surface area (Å²) in [5.41, 5.74) is 2.07. The Balaban J connectivity index is 2.00. The number of hydrogen-bond donors (Lipinski definition) is 2. The number of hydrogen-bond acceptors (Lipinski definition) is 5. The molecule has 8 heteroatoms. The summed E-state index contributed by atoms with van der Waals surface area (Å²) in [4.78, 5) is 6.68. The molecule has 0 bridgehead atoms. The fourth-order valence-electron chi connectivity index (χ4n) is 1.84. The third kappa shape index (κ3) is 3.33. The maximum Gasteiger partial charge on any atom is 0.212 e. The molecule has 0 amide bonds. The predicted octanol–water partition coefficient (Wildman–Crippen LogP) is 0.651. The summed E-state index contributed by atoms with van der Waals surface area (Å²) < 4.78 is 26.9. The fourth-order valence-corrected chi connectivity index (χ4v) is 3.34. The van der Waals surface area contributed by atoms with Crippen LogP contribution in [-0.4, -0.2) is 37.1 Å². The summed E-state index contributed by atoms with van der Waals surface area (Å²) in [5, 5.41) is 3.15. The molecule has 0 aromatic carbocycles. The van der Waals surface area contributed by atoms with Crippen molar-refractivity contribution in [2.75, 3.05) is 19.3 Å². The van der Waals surface area contributed by atoms with Crippen LogP contribution in [0.4, 0.5) is 0 Å². The molecule has 2 rings (SSSR count). The maximum absolute atomic E-state index is 11.3. The van der Waals surface area contributed by atoms with Gasteiger partial charge in [-0.25, -0.2) is 18.1 Å². The first-order valence-corrected chi connectivity index (χ1v) is 8.46. The highest BCUT2D eigenvalue weighted by Gasteiger charge is 2.11. The summed E-state index contributed by atoms with van der Waals surface area (Å²) >= 11 is 1.65. The maximum atomic E-state index is 11.3. The van der Waals surface area contributed by atoms with Crippen LogP contribution in [0.15, 0.2) is 6.20 Å². The van der Waals surface area contributed by atoms with Crippen molar-refractivity contribution >= 4 is 26.3 Å². The van der Waals surface area contributed by atoms with E-state index in [-0.39, 0.29) is 5.75 Å². The monoisotopic (exact) mass is 302 g/mol. The number of nitrogens with one attached hydrogen (secondary N) is 2. The Labute approximate surface area is 116 Å². The van der Waals surface area contributed by atoms with Crippen LogP contribution < -0.4 is 10.0 Å². The third-order valence-electron chi connectivity index (χ3n) is 2.89. The van der Waals surface area contributed by atoms with E-state index in [0.717, 1.165) is 16.3 Å². The number of sulfonamides is 1. The van der Waals surface area contributed by atoms with Gasteiger partial charge in [-0.3, -0.25) is 4.40 Å². The van der Waals surface area contributed by atoms with E-state index < -0.39 is 10.0 Å². The molecule has 0 radical (unpaired) electrons. The molecule has 0 unspecified atom stereocenters. The van der Waals surface area contributed by atoms with Crippen molar-refractivity contribution in [1.82, 2.24) is 19.4 Å². The zero-order valence-electron chi connectivity index (χ0n) is 11.2. The molecule has 2 heterocycles. The van der Waals surface area contributed by atoms with Crippen LogP contribution in [0.1, 0.15) is 16.3 Å². The summed E-state index contributed by atoms with van der Waals surface area (Å²) in [6.07, 6.45) is 2.06. The second kappa shape index (κ2) is 5.58. The summed E-state index contributed by atoms with van der Waals surface area (Å²) in [6.45, 7) is 5.04. The molecule has 0 spiro atoms. The van der Waals surface area contributed by atoms with Gasteiger partial charge in [0.15, 0.2) is 4.96 Å². The lowest BCUT2D eigenvalue weighted by atomic mass is 10.3. The number of rotatable bonds is 6. The van der Waals surface area contributed by atoms with Crippen LogP contribution in [0.25, 0.3) is 4.96 Å². The minimum Gasteiger partial charge on any atom is -0.310 e. The van der Waals surface area contributed by atoms with E-state index in [1.807, 2.05) is 13.8 Å². The highest BCUT2D eigenvalue weighted by Crippen LogP contribution is 2.20. The van der Waals surface area contributed by atoms with Gasteiger partial charge in [0.1, 0.15) is 0 Å². The largest absolute Gasteiger partial charge is 0.310 e. The van der Waals surface area contributed by atoms with Gasteiger partial charge in [0.05, 0.1) is 17.1 Å². The van der Waals surface area contributed by atoms with E-state index in [1.54, 1.807) is 11.3 Å². The molecule has 0 fully saturated rings. The normalized spacial score (nSPS) is 12.4. The zero-order chi connectivity index (χ0) is 14.0. The molecule has 0 saturated heterocycles. The minimum atomic E-state index is -3.14. The lowest BCUT2D eigenvalue weighted by Crippen LogP contribution is -2.29. The Morgan fingerprint density at radius 1 is 1.42 bits per heavy atom. The Bertz CT molecular complexity index is 672. The van der Waals surface area contributed by atoms with E-state index in [4.69, 9.17) is 0 Å². The molecule has 0 saturated carbocycles. The van der Waals surface area contributed by atoms with Crippen LogP contribution in [0, 0.1) is 13.8 Å².